The van der Waals surface area contributed by atoms with Gasteiger partial charge in [-0.15, -0.1) is 6.58 Å². The molecule has 0 unspecified atom stereocenters. The monoisotopic (exact) mass is 1000 g/mol. The molecule has 0 saturated heterocycles. The van der Waals surface area contributed by atoms with Gasteiger partial charge in [0.1, 0.15) is 36.6 Å². The van der Waals surface area contributed by atoms with Crippen LogP contribution in [0.3, 0.4) is 0 Å². The van der Waals surface area contributed by atoms with Gasteiger partial charge in [0.2, 0.25) is 18.5 Å². The zero-order valence-corrected chi connectivity index (χ0v) is 42.9. The summed E-state index contributed by atoms with van der Waals surface area (Å²) in [4.78, 5) is 23.8. The molecule has 392 valence electrons. The van der Waals surface area contributed by atoms with E-state index in [9.17, 15) is 14.6 Å². The highest BCUT2D eigenvalue weighted by Crippen LogP contribution is 2.62. The van der Waals surface area contributed by atoms with Gasteiger partial charge in [-0.05, 0) is 97.0 Å². The zero-order valence-electron chi connectivity index (χ0n) is 42.9. The second-order valence-corrected chi connectivity index (χ2v) is 20.2. The predicted molar refractivity (Wildman–Crippen MR) is 282 cm³/mol. The van der Waals surface area contributed by atoms with Crippen molar-refractivity contribution in [3.8, 4) is 23.0 Å². The van der Waals surface area contributed by atoms with Gasteiger partial charge in [0, 0.05) is 49.6 Å². The lowest BCUT2D eigenvalue weighted by Crippen LogP contribution is -2.70. The molecule has 8 rings (SSSR count). The van der Waals surface area contributed by atoms with Crippen LogP contribution in [0, 0.1) is 23.6 Å². The van der Waals surface area contributed by atoms with Gasteiger partial charge in [-0.2, -0.15) is 0 Å². The van der Waals surface area contributed by atoms with Crippen LogP contribution in [-0.4, -0.2) is 65.2 Å². The van der Waals surface area contributed by atoms with Crippen molar-refractivity contribution >= 4 is 11.6 Å². The fraction of sp³-hybridized carbons (Fsp3) is 0.508. The number of aliphatic hydroxyl groups excluding tert-OH is 2. The minimum absolute atomic E-state index is 0.0100. The van der Waals surface area contributed by atoms with Gasteiger partial charge in [0.05, 0.1) is 18.2 Å². The quantitative estimate of drug-likeness (QED) is 0.0298. The van der Waals surface area contributed by atoms with Crippen molar-refractivity contribution in [2.75, 3.05) is 26.6 Å². The molecule has 73 heavy (non-hydrogen) atoms. The van der Waals surface area contributed by atoms with E-state index in [4.69, 9.17) is 33.7 Å². The van der Waals surface area contributed by atoms with Crippen LogP contribution in [0.25, 0.3) is 0 Å². The maximum Gasteiger partial charge on any atom is 0.239 e. The molecule has 0 bridgehead atoms. The summed E-state index contributed by atoms with van der Waals surface area (Å²) in [5.41, 5.74) is 4.89. The highest BCUT2D eigenvalue weighted by Gasteiger charge is 2.65. The average Bonchev–Trinajstić information content (AvgIpc) is 3.89. The van der Waals surface area contributed by atoms with Gasteiger partial charge in [-0.25, -0.2) is 4.39 Å². The van der Waals surface area contributed by atoms with E-state index < -0.39 is 17.7 Å². The summed E-state index contributed by atoms with van der Waals surface area (Å²) in [5, 5.41) is 25.2. The molecule has 1 fully saturated rings. The summed E-state index contributed by atoms with van der Waals surface area (Å²) in [7, 11) is 0. The number of carbonyl (C=O) groups is 1. The first-order valence-electron chi connectivity index (χ1n) is 27.2. The van der Waals surface area contributed by atoms with Gasteiger partial charge in [-0.3, -0.25) is 4.79 Å². The Morgan fingerprint density at radius 2 is 1.53 bits per heavy atom. The SMILES string of the molecule is C=CCO[C@@]12Oc3ccc(OCc4ccccc4F)cc3[C@H]3[C@H](CCCCO)[C@@H](CCCCO)C=C(C(=NOCc4ccccc4)C[C@@H]1N(Cc1ccc4c(c1)OCO4)C(=O)CCCCCCCCCCC)[C@H]32. The van der Waals surface area contributed by atoms with E-state index in [2.05, 4.69) is 19.6 Å². The number of allylic oxidation sites excluding steroid dienone is 1. The van der Waals surface area contributed by atoms with Crippen molar-refractivity contribution < 1.29 is 47.9 Å². The summed E-state index contributed by atoms with van der Waals surface area (Å²) < 4.78 is 47.8. The summed E-state index contributed by atoms with van der Waals surface area (Å²) in [6, 6.07) is 27.6. The smallest absolute Gasteiger partial charge is 0.239 e. The van der Waals surface area contributed by atoms with Gasteiger partial charge >= 0.3 is 0 Å². The highest BCUT2D eigenvalue weighted by atomic mass is 19.1. The lowest BCUT2D eigenvalue weighted by Gasteiger charge is -2.60. The Balaban J connectivity index is 1.26. The molecule has 1 saturated carbocycles. The van der Waals surface area contributed by atoms with Crippen LogP contribution >= 0.6 is 0 Å². The first kappa shape index (κ1) is 53.6. The van der Waals surface area contributed by atoms with Gasteiger partial charge in [0.25, 0.3) is 0 Å². The number of halogens is 1. The molecule has 0 radical (unpaired) electrons. The number of amides is 1. The van der Waals surface area contributed by atoms with Crippen LogP contribution < -0.4 is 18.9 Å². The summed E-state index contributed by atoms with van der Waals surface area (Å²) in [6.07, 6.45) is 19.4. The van der Waals surface area contributed by atoms with Crippen molar-refractivity contribution in [2.45, 2.75) is 154 Å². The van der Waals surface area contributed by atoms with E-state index >= 15 is 4.79 Å². The van der Waals surface area contributed by atoms with Crippen LogP contribution in [0.4, 0.5) is 4.39 Å². The van der Waals surface area contributed by atoms with Crippen LogP contribution in [0.1, 0.15) is 144 Å². The third-order valence-electron chi connectivity index (χ3n) is 15.2. The van der Waals surface area contributed by atoms with Gasteiger partial charge in [-0.1, -0.05) is 143 Å². The second kappa shape index (κ2) is 27.0. The number of aliphatic hydroxyl groups is 2. The third-order valence-corrected chi connectivity index (χ3v) is 15.2. The van der Waals surface area contributed by atoms with Crippen molar-refractivity contribution in [3.05, 3.63) is 143 Å². The topological polar surface area (TPSA) is 129 Å². The standard InChI is InChI=1S/C61H77FN2O9/c1-3-5-6-7-8-9-10-11-15-28-58(67)64(40-45-29-31-55-56(36-45)70-43-69-55)57-39-53(63-72-41-44-22-13-12-14-23-44)50-37-46(24-18-20-33-65)49(26-19-21-34-66)59-51-38-48(68-42-47-25-16-17-27-52(47)62)30-32-54(51)73-61(57,60(50)59)71-35-4-2/h4,12-14,16-17,22-23,25,27,29-32,36-38,46,49,57,59-60,65-66H,2-3,5-11,15,18-21,24,26,28,33-35,39-43H2,1H3/t46-,49+,57-,59+,60+,61+/m0/s1. The van der Waals surface area contributed by atoms with E-state index in [1.54, 1.807) is 24.3 Å². The van der Waals surface area contributed by atoms with Crippen LogP contribution in [-0.2, 0) is 34.1 Å². The first-order valence-corrected chi connectivity index (χ1v) is 27.2. The maximum absolute atomic E-state index is 15.4. The number of rotatable bonds is 30. The number of benzene rings is 4. The molecule has 6 atom stereocenters. The first-order chi connectivity index (χ1) is 35.9. The fourth-order valence-corrected chi connectivity index (χ4v) is 11.6. The molecule has 4 aliphatic rings. The number of carbonyl (C=O) groups excluding carboxylic acids is 1. The molecule has 2 aliphatic carbocycles. The average molecular weight is 1000 g/mol. The Morgan fingerprint density at radius 3 is 2.30 bits per heavy atom. The molecule has 2 heterocycles. The molecule has 2 aliphatic heterocycles. The van der Waals surface area contributed by atoms with E-state index in [1.165, 1.54) is 38.2 Å². The molecule has 2 N–H and O–H groups in total. The molecular formula is C61H77FN2O9. The van der Waals surface area contributed by atoms with E-state index in [1.807, 2.05) is 71.6 Å². The minimum Gasteiger partial charge on any atom is -0.489 e. The molecule has 1 amide bonds. The van der Waals surface area contributed by atoms with Crippen LogP contribution in [0.2, 0.25) is 0 Å². The number of hydrogen-bond acceptors (Lipinski definition) is 10. The number of hydrogen-bond donors (Lipinski definition) is 2. The Hall–Kier alpha value is -5.69. The van der Waals surface area contributed by atoms with E-state index in [0.717, 1.165) is 79.3 Å². The zero-order chi connectivity index (χ0) is 50.8. The summed E-state index contributed by atoms with van der Waals surface area (Å²) in [5.74, 6) is -0.0170. The normalized spacial score (nSPS) is 21.9. The number of oxime groups is 1. The lowest BCUT2D eigenvalue weighted by molar-refractivity contribution is -0.258. The van der Waals surface area contributed by atoms with Crippen molar-refractivity contribution in [1.29, 1.82) is 0 Å². The third kappa shape index (κ3) is 13.4. The van der Waals surface area contributed by atoms with E-state index in [0.29, 0.717) is 47.8 Å². The number of nitrogens with zero attached hydrogens (tertiary/aromatic N) is 2. The van der Waals surface area contributed by atoms with Gasteiger partial charge in [0.15, 0.2) is 11.5 Å². The summed E-state index contributed by atoms with van der Waals surface area (Å²) >= 11 is 0. The van der Waals surface area contributed by atoms with Gasteiger partial charge < -0.3 is 43.6 Å². The Morgan fingerprint density at radius 1 is 0.808 bits per heavy atom. The Labute approximate surface area is 432 Å². The second-order valence-electron chi connectivity index (χ2n) is 20.2. The lowest BCUT2D eigenvalue weighted by atomic mass is 9.55. The molecule has 4 aromatic rings. The predicted octanol–water partition coefficient (Wildman–Crippen LogP) is 12.9. The number of unbranched alkanes of at least 4 members (excludes halogenated alkanes) is 10. The Bertz CT molecular complexity index is 2460. The van der Waals surface area contributed by atoms with Crippen LogP contribution in [0.5, 0.6) is 23.0 Å². The van der Waals surface area contributed by atoms with Crippen molar-refractivity contribution in [3.63, 3.8) is 0 Å². The van der Waals surface area contributed by atoms with Crippen LogP contribution in [0.15, 0.2) is 120 Å². The van der Waals surface area contributed by atoms with Crippen molar-refractivity contribution in [2.24, 2.45) is 22.9 Å². The fourth-order valence-electron chi connectivity index (χ4n) is 11.6. The molecule has 11 nitrogen and oxygen atoms in total. The van der Waals surface area contributed by atoms with Crippen molar-refractivity contribution in [1.82, 2.24) is 4.90 Å². The molecule has 12 heteroatoms. The molecule has 4 aromatic carbocycles. The molecule has 0 aromatic heterocycles. The number of ether oxygens (including phenoxy) is 5. The maximum atomic E-state index is 15.4. The molecular weight excluding hydrogens is 924 g/mol. The van der Waals surface area contributed by atoms with E-state index in [-0.39, 0.29) is 82.3 Å². The Kier molecular flexibility index (Phi) is 19.8. The minimum atomic E-state index is -1.44. The number of fused-ring (bicyclic) bond motifs is 3. The molecule has 0 spiro atoms. The highest BCUT2D eigenvalue weighted by molar-refractivity contribution is 6.03. The summed E-state index contributed by atoms with van der Waals surface area (Å²) in [6.45, 7) is 7.33. The largest absolute Gasteiger partial charge is 0.489 e.